The van der Waals surface area contributed by atoms with Crippen LogP contribution in [0.4, 0.5) is 5.88 Å². The van der Waals surface area contributed by atoms with E-state index < -0.39 is 9.84 Å². The zero-order valence-electron chi connectivity index (χ0n) is 17.9. The molecule has 1 aliphatic heterocycles. The van der Waals surface area contributed by atoms with E-state index in [1.807, 2.05) is 12.1 Å². The Morgan fingerprint density at radius 2 is 1.74 bits per heavy atom. The number of nitrogens with zero attached hydrogens (tertiary/aromatic N) is 1. The van der Waals surface area contributed by atoms with Crippen molar-refractivity contribution in [1.82, 2.24) is 4.98 Å². The van der Waals surface area contributed by atoms with Gasteiger partial charge in [0.1, 0.15) is 5.75 Å². The quantitative estimate of drug-likeness (QED) is 0.372. The number of halogens is 1. The third-order valence-corrected chi connectivity index (χ3v) is 7.13. The Morgan fingerprint density at radius 1 is 1.00 bits per heavy atom. The number of ether oxygens (including phenoxy) is 3. The molecule has 2 heterocycles. The zero-order valence-corrected chi connectivity index (χ0v) is 19.5. The second-order valence-electron chi connectivity index (χ2n) is 7.38. The molecule has 8 nitrogen and oxygen atoms in total. The van der Waals surface area contributed by atoms with E-state index in [0.717, 1.165) is 5.56 Å². The monoisotopic (exact) mass is 498 g/mol. The van der Waals surface area contributed by atoms with Crippen LogP contribution in [0.2, 0.25) is 5.02 Å². The molecule has 0 saturated carbocycles. The molecule has 0 aliphatic carbocycles. The predicted octanol–water partition coefficient (Wildman–Crippen LogP) is 5.18. The maximum atomic E-state index is 13.4. The normalized spacial score (nSPS) is 12.5. The maximum Gasteiger partial charge on any atom is 0.234 e. The van der Waals surface area contributed by atoms with Crippen LogP contribution in [0.25, 0.3) is 11.5 Å². The first-order chi connectivity index (χ1) is 16.4. The van der Waals surface area contributed by atoms with Crippen LogP contribution < -0.4 is 19.5 Å². The molecule has 1 aromatic heterocycles. The SMILES string of the molecule is COc1ccc(-c2nc(S(=O)(=O)c3ccc(Cl)cc3)c(NCc3ccc4c(c3)OCO4)o2)cc1. The molecule has 174 valence electrons. The summed E-state index contributed by atoms with van der Waals surface area (Å²) in [7, 11) is -2.43. The minimum Gasteiger partial charge on any atom is -0.497 e. The summed E-state index contributed by atoms with van der Waals surface area (Å²) in [6.07, 6.45) is 0. The fourth-order valence-electron chi connectivity index (χ4n) is 3.42. The van der Waals surface area contributed by atoms with Gasteiger partial charge in [0.05, 0.1) is 12.0 Å². The van der Waals surface area contributed by atoms with Gasteiger partial charge in [0, 0.05) is 17.1 Å². The number of anilines is 1. The first-order valence-corrected chi connectivity index (χ1v) is 12.1. The van der Waals surface area contributed by atoms with Crippen LogP contribution in [-0.4, -0.2) is 27.3 Å². The van der Waals surface area contributed by atoms with Crippen molar-refractivity contribution in [1.29, 1.82) is 0 Å². The number of sulfone groups is 1. The second kappa shape index (κ2) is 8.92. The van der Waals surface area contributed by atoms with Gasteiger partial charge in [-0.25, -0.2) is 8.42 Å². The molecule has 5 rings (SSSR count). The van der Waals surface area contributed by atoms with Crippen molar-refractivity contribution in [2.75, 3.05) is 19.2 Å². The molecular formula is C24H19ClN2O6S. The minimum absolute atomic E-state index is 0.0263. The summed E-state index contributed by atoms with van der Waals surface area (Å²) < 4.78 is 48.7. The molecule has 1 aliphatic rings. The highest BCUT2D eigenvalue weighted by Gasteiger charge is 2.28. The summed E-state index contributed by atoms with van der Waals surface area (Å²) in [6, 6.07) is 18.3. The van der Waals surface area contributed by atoms with E-state index in [9.17, 15) is 8.42 Å². The van der Waals surface area contributed by atoms with Gasteiger partial charge in [0.25, 0.3) is 0 Å². The van der Waals surface area contributed by atoms with Gasteiger partial charge < -0.3 is 23.9 Å². The molecule has 4 aromatic rings. The van der Waals surface area contributed by atoms with E-state index in [4.69, 9.17) is 30.2 Å². The number of aromatic nitrogens is 1. The summed E-state index contributed by atoms with van der Waals surface area (Å²) in [5, 5.41) is 3.27. The van der Waals surface area contributed by atoms with Crippen molar-refractivity contribution >= 4 is 27.3 Å². The number of benzene rings is 3. The third kappa shape index (κ3) is 4.27. The number of methoxy groups -OCH3 is 1. The van der Waals surface area contributed by atoms with E-state index in [0.29, 0.717) is 27.8 Å². The van der Waals surface area contributed by atoms with Crippen LogP contribution in [0.5, 0.6) is 17.2 Å². The topological polar surface area (TPSA) is 99.9 Å². The highest BCUT2D eigenvalue weighted by molar-refractivity contribution is 7.91. The summed E-state index contributed by atoms with van der Waals surface area (Å²) in [6.45, 7) is 0.444. The van der Waals surface area contributed by atoms with Gasteiger partial charge in [0.15, 0.2) is 11.5 Å². The Kier molecular flexibility index (Phi) is 5.80. The van der Waals surface area contributed by atoms with Crippen LogP contribution in [-0.2, 0) is 16.4 Å². The number of rotatable bonds is 7. The maximum absolute atomic E-state index is 13.4. The predicted molar refractivity (Wildman–Crippen MR) is 125 cm³/mol. The number of nitrogens with one attached hydrogen (secondary N) is 1. The fraction of sp³-hybridized carbons (Fsp3) is 0.125. The van der Waals surface area contributed by atoms with Crippen molar-refractivity contribution < 1.29 is 27.0 Å². The molecule has 0 saturated heterocycles. The molecular weight excluding hydrogens is 480 g/mol. The fourth-order valence-corrected chi connectivity index (χ4v) is 4.82. The van der Waals surface area contributed by atoms with E-state index in [1.54, 1.807) is 37.4 Å². The van der Waals surface area contributed by atoms with E-state index in [-0.39, 0.29) is 35.0 Å². The Bertz CT molecular complexity index is 1430. The standard InChI is InChI=1S/C24H19ClN2O6S/c1-30-18-7-3-16(4-8-18)22-27-24(34(28,29)19-9-5-17(25)6-10-19)23(33-22)26-13-15-2-11-20-21(12-15)32-14-31-20/h2-12,26H,13-14H2,1H3. The Hall–Kier alpha value is -3.69. The van der Waals surface area contributed by atoms with Crippen LogP contribution in [0, 0.1) is 0 Å². The number of fused-ring (bicyclic) bond motifs is 1. The van der Waals surface area contributed by atoms with Gasteiger partial charge in [-0.05, 0) is 66.2 Å². The third-order valence-electron chi connectivity index (χ3n) is 5.20. The van der Waals surface area contributed by atoms with Crippen molar-refractivity contribution in [3.05, 3.63) is 77.3 Å². The lowest BCUT2D eigenvalue weighted by molar-refractivity contribution is 0.174. The average Bonchev–Trinajstić information content (AvgIpc) is 3.50. The van der Waals surface area contributed by atoms with Crippen LogP contribution in [0.3, 0.4) is 0 Å². The number of oxazole rings is 1. The van der Waals surface area contributed by atoms with Gasteiger partial charge >= 0.3 is 0 Å². The second-order valence-corrected chi connectivity index (χ2v) is 9.68. The average molecular weight is 499 g/mol. The highest BCUT2D eigenvalue weighted by Crippen LogP contribution is 2.35. The van der Waals surface area contributed by atoms with Crippen LogP contribution in [0.1, 0.15) is 5.56 Å². The summed E-state index contributed by atoms with van der Waals surface area (Å²) in [4.78, 5) is 4.39. The van der Waals surface area contributed by atoms with Gasteiger partial charge in [-0.2, -0.15) is 4.98 Å². The minimum atomic E-state index is -4.00. The molecule has 34 heavy (non-hydrogen) atoms. The van der Waals surface area contributed by atoms with Crippen molar-refractivity contribution in [3.8, 4) is 28.7 Å². The number of hydrogen-bond donors (Lipinski definition) is 1. The Labute approximate surface area is 201 Å². The Balaban J connectivity index is 1.51. The Morgan fingerprint density at radius 3 is 2.47 bits per heavy atom. The van der Waals surface area contributed by atoms with Gasteiger partial charge in [-0.3, -0.25) is 0 Å². The van der Waals surface area contributed by atoms with Crippen molar-refractivity contribution in [3.63, 3.8) is 0 Å². The van der Waals surface area contributed by atoms with E-state index in [2.05, 4.69) is 10.3 Å². The smallest absolute Gasteiger partial charge is 0.234 e. The van der Waals surface area contributed by atoms with Crippen LogP contribution in [0.15, 0.2) is 81.1 Å². The first kappa shape index (κ1) is 22.1. The summed E-state index contributed by atoms with van der Waals surface area (Å²) in [5.41, 5.74) is 1.45. The molecule has 3 aromatic carbocycles. The molecule has 0 bridgehead atoms. The molecule has 10 heteroatoms. The molecule has 0 amide bonds. The zero-order chi connectivity index (χ0) is 23.7. The van der Waals surface area contributed by atoms with Gasteiger partial charge in [-0.1, -0.05) is 17.7 Å². The van der Waals surface area contributed by atoms with E-state index >= 15 is 0 Å². The molecule has 0 radical (unpaired) electrons. The van der Waals surface area contributed by atoms with E-state index in [1.165, 1.54) is 24.3 Å². The first-order valence-electron chi connectivity index (χ1n) is 10.2. The van der Waals surface area contributed by atoms with Crippen molar-refractivity contribution in [2.24, 2.45) is 0 Å². The van der Waals surface area contributed by atoms with Gasteiger partial charge in [-0.15, -0.1) is 0 Å². The lowest BCUT2D eigenvalue weighted by atomic mass is 10.2. The lowest BCUT2D eigenvalue weighted by Gasteiger charge is -2.07. The molecule has 1 N–H and O–H groups in total. The largest absolute Gasteiger partial charge is 0.497 e. The summed E-state index contributed by atoms with van der Waals surface area (Å²) in [5.74, 6) is 2.13. The summed E-state index contributed by atoms with van der Waals surface area (Å²) >= 11 is 5.94. The molecule has 0 fully saturated rings. The lowest BCUT2D eigenvalue weighted by Crippen LogP contribution is -2.07. The molecule has 0 unspecified atom stereocenters. The van der Waals surface area contributed by atoms with Crippen molar-refractivity contribution in [2.45, 2.75) is 16.5 Å². The van der Waals surface area contributed by atoms with Crippen LogP contribution >= 0.6 is 11.6 Å². The highest BCUT2D eigenvalue weighted by atomic mass is 35.5. The number of hydrogen-bond acceptors (Lipinski definition) is 8. The van der Waals surface area contributed by atoms with Gasteiger partial charge in [0.2, 0.25) is 33.4 Å². The molecule has 0 atom stereocenters. The molecule has 0 spiro atoms.